The number of nitrogens with zero attached hydrogens (tertiary/aromatic N) is 3. The molecule has 2 heterocycles. The van der Waals surface area contributed by atoms with Crippen molar-refractivity contribution >= 4 is 38.2 Å². The summed E-state index contributed by atoms with van der Waals surface area (Å²) in [5.74, 6) is -0.115. The van der Waals surface area contributed by atoms with Crippen LogP contribution >= 0.6 is 27.3 Å². The molecule has 17 heavy (non-hydrogen) atoms. The Morgan fingerprint density at radius 1 is 1.41 bits per heavy atom. The van der Waals surface area contributed by atoms with Crippen LogP contribution in [0.2, 0.25) is 0 Å². The molecule has 0 saturated carbocycles. The number of hydrogen-bond donors (Lipinski definition) is 1. The molecule has 0 unspecified atom stereocenters. The second-order valence-corrected chi connectivity index (χ2v) is 5.16. The molecule has 2 N–H and O–H groups in total. The number of rotatable bonds is 1. The SMILES string of the molecule is Nc1nc2scc(-c3cc(Br)ccc3F)n2n1. The molecule has 0 radical (unpaired) electrons. The van der Waals surface area contributed by atoms with Crippen molar-refractivity contribution in [2.45, 2.75) is 0 Å². The standard InChI is InChI=1S/C10H6BrFN4S/c11-5-1-2-7(12)6(3-5)8-4-17-10-14-9(13)15-16(8)10/h1-4H,(H2,13,15). The highest BCUT2D eigenvalue weighted by atomic mass is 79.9. The zero-order valence-corrected chi connectivity index (χ0v) is 10.8. The lowest BCUT2D eigenvalue weighted by atomic mass is 10.1. The molecule has 4 nitrogen and oxygen atoms in total. The number of halogens is 2. The first-order valence-corrected chi connectivity index (χ1v) is 6.37. The van der Waals surface area contributed by atoms with Crippen LogP contribution in [0.15, 0.2) is 28.1 Å². The van der Waals surface area contributed by atoms with Gasteiger partial charge in [0.15, 0.2) is 0 Å². The second-order valence-electron chi connectivity index (χ2n) is 3.41. The lowest BCUT2D eigenvalue weighted by Gasteiger charge is -2.01. The van der Waals surface area contributed by atoms with Gasteiger partial charge in [-0.1, -0.05) is 15.9 Å². The quantitative estimate of drug-likeness (QED) is 0.751. The van der Waals surface area contributed by atoms with E-state index >= 15 is 0 Å². The largest absolute Gasteiger partial charge is 0.366 e. The summed E-state index contributed by atoms with van der Waals surface area (Å²) in [6.45, 7) is 0. The monoisotopic (exact) mass is 312 g/mol. The Balaban J connectivity index is 2.29. The minimum Gasteiger partial charge on any atom is -0.366 e. The molecule has 3 rings (SSSR count). The van der Waals surface area contributed by atoms with E-state index in [1.165, 1.54) is 17.4 Å². The lowest BCUT2D eigenvalue weighted by molar-refractivity contribution is 0.630. The number of nitrogen functional groups attached to an aromatic ring is 1. The Hall–Kier alpha value is -1.47. The predicted molar refractivity (Wildman–Crippen MR) is 68.4 cm³/mol. The first-order chi connectivity index (χ1) is 8.15. The van der Waals surface area contributed by atoms with Crippen LogP contribution in [-0.4, -0.2) is 14.6 Å². The fraction of sp³-hybridized carbons (Fsp3) is 0. The van der Waals surface area contributed by atoms with Crippen molar-refractivity contribution in [3.05, 3.63) is 33.9 Å². The van der Waals surface area contributed by atoms with Gasteiger partial charge in [0, 0.05) is 15.4 Å². The molecule has 3 aromatic rings. The van der Waals surface area contributed by atoms with Crippen molar-refractivity contribution in [3.63, 3.8) is 0 Å². The Kier molecular flexibility index (Phi) is 2.37. The van der Waals surface area contributed by atoms with Crippen LogP contribution in [0.4, 0.5) is 10.3 Å². The molecule has 0 bridgehead atoms. The maximum absolute atomic E-state index is 13.8. The molecule has 0 spiro atoms. The van der Waals surface area contributed by atoms with E-state index in [-0.39, 0.29) is 11.8 Å². The summed E-state index contributed by atoms with van der Waals surface area (Å²) < 4.78 is 16.1. The van der Waals surface area contributed by atoms with Crippen LogP contribution in [0.3, 0.4) is 0 Å². The van der Waals surface area contributed by atoms with E-state index in [4.69, 9.17) is 5.73 Å². The predicted octanol–water partition coefficient (Wildman–Crippen LogP) is 2.94. The van der Waals surface area contributed by atoms with Gasteiger partial charge in [-0.2, -0.15) is 4.98 Å². The van der Waals surface area contributed by atoms with Crippen LogP contribution < -0.4 is 5.73 Å². The Labute approximate surface area is 108 Å². The molecule has 0 aliphatic carbocycles. The van der Waals surface area contributed by atoms with Gasteiger partial charge in [-0.15, -0.1) is 16.4 Å². The fourth-order valence-electron chi connectivity index (χ4n) is 1.58. The summed E-state index contributed by atoms with van der Waals surface area (Å²) in [4.78, 5) is 4.68. The van der Waals surface area contributed by atoms with Crippen LogP contribution in [0.25, 0.3) is 16.2 Å². The van der Waals surface area contributed by atoms with Gasteiger partial charge in [0.2, 0.25) is 10.9 Å². The zero-order valence-electron chi connectivity index (χ0n) is 8.39. The summed E-state index contributed by atoms with van der Waals surface area (Å²) in [5, 5.41) is 5.84. The number of thiazole rings is 1. The highest BCUT2D eigenvalue weighted by molar-refractivity contribution is 9.10. The first kappa shape index (κ1) is 10.7. The summed E-state index contributed by atoms with van der Waals surface area (Å²) in [5.41, 5.74) is 6.62. The average molecular weight is 313 g/mol. The molecule has 0 atom stereocenters. The van der Waals surface area contributed by atoms with Gasteiger partial charge in [0.25, 0.3) is 0 Å². The van der Waals surface area contributed by atoms with E-state index < -0.39 is 0 Å². The smallest absolute Gasteiger partial charge is 0.241 e. The molecule has 0 aliphatic heterocycles. The Bertz CT molecular complexity index is 705. The van der Waals surface area contributed by atoms with Crippen molar-refractivity contribution in [1.29, 1.82) is 0 Å². The van der Waals surface area contributed by atoms with Gasteiger partial charge in [-0.3, -0.25) is 0 Å². The van der Waals surface area contributed by atoms with Crippen LogP contribution in [0.5, 0.6) is 0 Å². The second kappa shape index (κ2) is 3.78. The molecule has 7 heteroatoms. The van der Waals surface area contributed by atoms with Crippen LogP contribution in [-0.2, 0) is 0 Å². The van der Waals surface area contributed by atoms with Gasteiger partial charge in [0.05, 0.1) is 5.69 Å². The normalized spacial score (nSPS) is 11.2. The molecular weight excluding hydrogens is 307 g/mol. The number of aromatic nitrogens is 3. The van der Waals surface area contributed by atoms with Gasteiger partial charge >= 0.3 is 0 Å². The van der Waals surface area contributed by atoms with E-state index in [1.807, 2.05) is 0 Å². The third-order valence-corrected chi connectivity index (χ3v) is 3.61. The summed E-state index contributed by atoms with van der Waals surface area (Å²) in [6, 6.07) is 4.76. The summed E-state index contributed by atoms with van der Waals surface area (Å²) in [7, 11) is 0. The van der Waals surface area contributed by atoms with Crippen molar-refractivity contribution in [2.24, 2.45) is 0 Å². The minimum atomic E-state index is -0.304. The van der Waals surface area contributed by atoms with Gasteiger partial charge < -0.3 is 5.73 Å². The topological polar surface area (TPSA) is 56.2 Å². The van der Waals surface area contributed by atoms with E-state index in [1.54, 1.807) is 22.0 Å². The molecule has 0 amide bonds. The van der Waals surface area contributed by atoms with Crippen molar-refractivity contribution < 1.29 is 4.39 Å². The number of fused-ring (bicyclic) bond motifs is 1. The Morgan fingerprint density at radius 2 is 2.24 bits per heavy atom. The average Bonchev–Trinajstić information content (AvgIpc) is 2.80. The molecule has 0 saturated heterocycles. The Morgan fingerprint density at radius 3 is 3.06 bits per heavy atom. The third kappa shape index (κ3) is 1.71. The molecule has 1 aromatic carbocycles. The van der Waals surface area contributed by atoms with E-state index in [9.17, 15) is 4.39 Å². The third-order valence-electron chi connectivity index (χ3n) is 2.30. The molecule has 0 fully saturated rings. The highest BCUT2D eigenvalue weighted by Crippen LogP contribution is 2.29. The van der Waals surface area contributed by atoms with E-state index in [2.05, 4.69) is 26.0 Å². The molecule has 86 valence electrons. The van der Waals surface area contributed by atoms with Crippen molar-refractivity contribution in [3.8, 4) is 11.3 Å². The number of benzene rings is 1. The van der Waals surface area contributed by atoms with Crippen LogP contribution in [0, 0.1) is 5.82 Å². The lowest BCUT2D eigenvalue weighted by Crippen LogP contribution is -1.93. The van der Waals surface area contributed by atoms with Gasteiger partial charge in [0.1, 0.15) is 5.82 Å². The summed E-state index contributed by atoms with van der Waals surface area (Å²) >= 11 is 4.69. The molecular formula is C10H6BrFN4S. The first-order valence-electron chi connectivity index (χ1n) is 4.70. The summed E-state index contributed by atoms with van der Waals surface area (Å²) in [6.07, 6.45) is 0. The van der Waals surface area contributed by atoms with Gasteiger partial charge in [-0.25, -0.2) is 8.91 Å². The molecule has 0 aliphatic rings. The maximum atomic E-state index is 13.8. The van der Waals surface area contributed by atoms with Crippen molar-refractivity contribution in [2.75, 3.05) is 5.73 Å². The maximum Gasteiger partial charge on any atom is 0.241 e. The number of hydrogen-bond acceptors (Lipinski definition) is 4. The zero-order chi connectivity index (χ0) is 12.0. The van der Waals surface area contributed by atoms with E-state index in [0.717, 1.165) is 4.47 Å². The van der Waals surface area contributed by atoms with E-state index in [0.29, 0.717) is 16.2 Å². The number of anilines is 1. The molecule has 2 aromatic heterocycles. The van der Waals surface area contributed by atoms with Crippen LogP contribution in [0.1, 0.15) is 0 Å². The highest BCUT2D eigenvalue weighted by Gasteiger charge is 2.13. The number of nitrogens with two attached hydrogens (primary N) is 1. The van der Waals surface area contributed by atoms with Crippen molar-refractivity contribution in [1.82, 2.24) is 14.6 Å². The minimum absolute atomic E-state index is 0.188. The fourth-order valence-corrected chi connectivity index (χ4v) is 2.77. The van der Waals surface area contributed by atoms with Gasteiger partial charge in [-0.05, 0) is 18.2 Å².